The number of benzene rings is 1. The highest BCUT2D eigenvalue weighted by molar-refractivity contribution is 6.04. The summed E-state index contributed by atoms with van der Waals surface area (Å²) in [4.78, 5) is 60.0. The van der Waals surface area contributed by atoms with E-state index in [0.717, 1.165) is 4.90 Å². The van der Waals surface area contributed by atoms with Crippen molar-refractivity contribution in [3.8, 4) is 0 Å². The predicted molar refractivity (Wildman–Crippen MR) is 108 cm³/mol. The summed E-state index contributed by atoms with van der Waals surface area (Å²) in [6, 6.07) is 6.06. The van der Waals surface area contributed by atoms with E-state index in [1.54, 1.807) is 24.3 Å². The molecule has 1 fully saturated rings. The number of rotatable bonds is 10. The number of carbonyl (C=O) groups is 5. The van der Waals surface area contributed by atoms with Crippen LogP contribution in [-0.2, 0) is 19.1 Å². The number of esters is 1. The molecule has 0 radical (unpaired) electrons. The monoisotopic (exact) mass is 418 g/mol. The van der Waals surface area contributed by atoms with Crippen LogP contribution in [0.25, 0.3) is 0 Å². The molecule has 2 rings (SSSR count). The third kappa shape index (κ3) is 6.87. The van der Waals surface area contributed by atoms with Gasteiger partial charge in [0, 0.05) is 19.5 Å². The lowest BCUT2D eigenvalue weighted by Crippen LogP contribution is -2.32. The lowest BCUT2D eigenvalue weighted by molar-refractivity contribution is -0.147. The number of nitrogens with one attached hydrogen (secondary N) is 3. The highest BCUT2D eigenvalue weighted by Gasteiger charge is 2.27. The van der Waals surface area contributed by atoms with Gasteiger partial charge < -0.3 is 20.7 Å². The molecule has 3 N–H and O–H groups in total. The summed E-state index contributed by atoms with van der Waals surface area (Å²) in [5.41, 5.74) is 0.629. The van der Waals surface area contributed by atoms with E-state index >= 15 is 0 Å². The summed E-state index contributed by atoms with van der Waals surface area (Å²) in [7, 11) is 0. The molecule has 1 aliphatic heterocycles. The summed E-state index contributed by atoms with van der Waals surface area (Å²) in [5, 5.41) is 7.73. The number of nitrogens with zero attached hydrogens (tertiary/aromatic N) is 1. The van der Waals surface area contributed by atoms with Gasteiger partial charge in [-0.1, -0.05) is 26.0 Å². The van der Waals surface area contributed by atoms with Crippen LogP contribution >= 0.6 is 0 Å². The fourth-order valence-corrected chi connectivity index (χ4v) is 2.65. The van der Waals surface area contributed by atoms with Crippen LogP contribution in [0.1, 0.15) is 37.0 Å². The molecule has 1 aromatic rings. The van der Waals surface area contributed by atoms with Crippen molar-refractivity contribution in [1.82, 2.24) is 15.5 Å². The van der Waals surface area contributed by atoms with Gasteiger partial charge in [-0.3, -0.25) is 24.1 Å². The van der Waals surface area contributed by atoms with E-state index in [0.29, 0.717) is 17.8 Å². The third-order valence-corrected chi connectivity index (χ3v) is 4.18. The lowest BCUT2D eigenvalue weighted by atomic mass is 10.1. The van der Waals surface area contributed by atoms with Crippen LogP contribution < -0.4 is 16.0 Å². The van der Waals surface area contributed by atoms with Crippen molar-refractivity contribution in [1.29, 1.82) is 0 Å². The van der Waals surface area contributed by atoms with E-state index in [1.807, 2.05) is 13.8 Å². The first-order chi connectivity index (χ1) is 14.3. The second-order valence-electron chi connectivity index (χ2n) is 7.17. The Morgan fingerprint density at radius 3 is 2.60 bits per heavy atom. The fraction of sp³-hybridized carbons (Fsp3) is 0.450. The number of anilines is 1. The van der Waals surface area contributed by atoms with Gasteiger partial charge in [0.2, 0.25) is 5.91 Å². The average Bonchev–Trinajstić information content (AvgIpc) is 3.03. The van der Waals surface area contributed by atoms with Crippen LogP contribution in [0.3, 0.4) is 0 Å². The number of hydrogen-bond donors (Lipinski definition) is 3. The van der Waals surface area contributed by atoms with Gasteiger partial charge in [-0.15, -0.1) is 0 Å². The van der Waals surface area contributed by atoms with E-state index in [1.165, 1.54) is 0 Å². The number of carbonyl (C=O) groups excluding carboxylic acids is 5. The molecule has 5 amide bonds. The van der Waals surface area contributed by atoms with Gasteiger partial charge in [-0.2, -0.15) is 0 Å². The van der Waals surface area contributed by atoms with Gasteiger partial charge in [0.25, 0.3) is 11.8 Å². The predicted octanol–water partition coefficient (Wildman–Crippen LogP) is 0.886. The normalized spacial score (nSPS) is 13.2. The first-order valence-electron chi connectivity index (χ1n) is 9.68. The molecule has 0 atom stereocenters. The highest BCUT2D eigenvalue weighted by Crippen LogP contribution is 2.15. The van der Waals surface area contributed by atoms with E-state index in [-0.39, 0.29) is 43.7 Å². The minimum Gasteiger partial charge on any atom is -0.456 e. The fourth-order valence-electron chi connectivity index (χ4n) is 2.65. The zero-order valence-corrected chi connectivity index (χ0v) is 17.0. The number of ether oxygens (including phenoxy) is 1. The maximum Gasteiger partial charge on any atom is 0.324 e. The first kappa shape index (κ1) is 22.9. The molecule has 1 saturated heterocycles. The number of amides is 5. The lowest BCUT2D eigenvalue weighted by Gasteiger charge is -2.13. The van der Waals surface area contributed by atoms with Crippen LogP contribution in [-0.4, -0.2) is 60.9 Å². The Kier molecular flexibility index (Phi) is 8.33. The molecule has 1 aliphatic rings. The molecule has 1 heterocycles. The Bertz CT molecular complexity index is 807. The molecule has 1 aromatic carbocycles. The second kappa shape index (κ2) is 10.9. The van der Waals surface area contributed by atoms with Gasteiger partial charge in [0.1, 0.15) is 0 Å². The number of imide groups is 1. The van der Waals surface area contributed by atoms with Crippen molar-refractivity contribution in [2.45, 2.75) is 26.7 Å². The molecule has 0 aliphatic carbocycles. The zero-order valence-electron chi connectivity index (χ0n) is 17.0. The van der Waals surface area contributed by atoms with Crippen molar-refractivity contribution in [3.63, 3.8) is 0 Å². The molecular formula is C20H26N4O6. The summed E-state index contributed by atoms with van der Waals surface area (Å²) in [5.74, 6) is -1.57. The smallest absolute Gasteiger partial charge is 0.324 e. The van der Waals surface area contributed by atoms with Crippen LogP contribution in [0.15, 0.2) is 24.3 Å². The van der Waals surface area contributed by atoms with Crippen molar-refractivity contribution >= 4 is 35.4 Å². The third-order valence-electron chi connectivity index (χ3n) is 4.18. The Morgan fingerprint density at radius 2 is 1.93 bits per heavy atom. The van der Waals surface area contributed by atoms with E-state index < -0.39 is 24.5 Å². The van der Waals surface area contributed by atoms with Crippen LogP contribution in [0, 0.1) is 5.92 Å². The molecule has 0 saturated carbocycles. The Morgan fingerprint density at radius 1 is 1.20 bits per heavy atom. The average molecular weight is 418 g/mol. The van der Waals surface area contributed by atoms with Crippen LogP contribution in [0.2, 0.25) is 0 Å². The quantitative estimate of drug-likeness (QED) is 0.382. The standard InChI is InChI=1S/C20H26N4O6/c1-13(2)10-21-19(28)14-6-3-4-7-15(14)23-16(25)12-30-18(27)8-5-9-24-17(26)11-22-20(24)29/h3-4,6-7,13H,5,8-12H2,1-2H3,(H,21,28)(H,22,29)(H,23,25). The molecule has 0 bridgehead atoms. The van der Waals surface area contributed by atoms with Gasteiger partial charge in [-0.05, 0) is 24.5 Å². The molecule has 0 unspecified atom stereocenters. The Balaban J connectivity index is 1.76. The van der Waals surface area contributed by atoms with Gasteiger partial charge in [0.15, 0.2) is 6.61 Å². The van der Waals surface area contributed by atoms with Gasteiger partial charge >= 0.3 is 12.0 Å². The highest BCUT2D eigenvalue weighted by atomic mass is 16.5. The maximum atomic E-state index is 12.3. The summed E-state index contributed by atoms with van der Waals surface area (Å²) in [6.45, 7) is 4.00. The van der Waals surface area contributed by atoms with Crippen molar-refractivity contribution < 1.29 is 28.7 Å². The SMILES string of the molecule is CC(C)CNC(=O)c1ccccc1NC(=O)COC(=O)CCCN1C(=O)CNC1=O. The maximum absolute atomic E-state index is 12.3. The summed E-state index contributed by atoms with van der Waals surface area (Å²) >= 11 is 0. The number of urea groups is 1. The van der Waals surface area contributed by atoms with Gasteiger partial charge in [-0.25, -0.2) is 4.79 Å². The molecule has 0 aromatic heterocycles. The van der Waals surface area contributed by atoms with E-state index in [4.69, 9.17) is 4.74 Å². The van der Waals surface area contributed by atoms with Crippen LogP contribution in [0.4, 0.5) is 10.5 Å². The molecular weight excluding hydrogens is 392 g/mol. The summed E-state index contributed by atoms with van der Waals surface area (Å²) in [6.07, 6.45) is 0.191. The molecule has 162 valence electrons. The zero-order chi connectivity index (χ0) is 22.1. The molecule has 10 nitrogen and oxygen atoms in total. The Hall–Kier alpha value is -3.43. The first-order valence-corrected chi connectivity index (χ1v) is 9.68. The number of para-hydroxylation sites is 1. The molecule has 10 heteroatoms. The van der Waals surface area contributed by atoms with Crippen LogP contribution in [0.5, 0.6) is 0 Å². The molecule has 30 heavy (non-hydrogen) atoms. The van der Waals surface area contributed by atoms with E-state index in [9.17, 15) is 24.0 Å². The largest absolute Gasteiger partial charge is 0.456 e. The van der Waals surface area contributed by atoms with Gasteiger partial charge in [0.05, 0.1) is 17.8 Å². The van der Waals surface area contributed by atoms with Crippen molar-refractivity contribution in [3.05, 3.63) is 29.8 Å². The Labute approximate surface area is 174 Å². The van der Waals surface area contributed by atoms with Crippen molar-refractivity contribution in [2.24, 2.45) is 5.92 Å². The number of hydrogen-bond acceptors (Lipinski definition) is 6. The molecule has 0 spiro atoms. The minimum atomic E-state index is -0.625. The minimum absolute atomic E-state index is 0.0413. The second-order valence-corrected chi connectivity index (χ2v) is 7.17. The van der Waals surface area contributed by atoms with E-state index in [2.05, 4.69) is 16.0 Å². The summed E-state index contributed by atoms with van der Waals surface area (Å²) < 4.78 is 4.92. The topological polar surface area (TPSA) is 134 Å². The van der Waals surface area contributed by atoms with Crippen molar-refractivity contribution in [2.75, 3.05) is 31.6 Å².